The number of aryl methyl sites for hydroxylation is 1. The van der Waals surface area contributed by atoms with Crippen LogP contribution in [-0.4, -0.2) is 15.7 Å². The van der Waals surface area contributed by atoms with Crippen LogP contribution >= 0.6 is 23.2 Å². The van der Waals surface area contributed by atoms with E-state index in [0.29, 0.717) is 15.7 Å². The molecule has 0 radical (unpaired) electrons. The highest BCUT2D eigenvalue weighted by molar-refractivity contribution is 6.44. The van der Waals surface area contributed by atoms with Gasteiger partial charge < -0.3 is 5.32 Å². The Bertz CT molecular complexity index is 1510. The van der Waals surface area contributed by atoms with Crippen molar-refractivity contribution in [2.45, 2.75) is 6.92 Å². The third kappa shape index (κ3) is 4.11. The Balaban J connectivity index is 1.62. The van der Waals surface area contributed by atoms with Crippen molar-refractivity contribution < 1.29 is 4.79 Å². The fourth-order valence-corrected chi connectivity index (χ4v) is 4.17. The number of anilines is 1. The largest absolute Gasteiger partial charge is 0.319 e. The molecule has 0 spiro atoms. The summed E-state index contributed by atoms with van der Waals surface area (Å²) in [6.07, 6.45) is 0. The highest BCUT2D eigenvalue weighted by atomic mass is 35.5. The summed E-state index contributed by atoms with van der Waals surface area (Å²) in [6.45, 7) is 2.02. The zero-order chi connectivity index (χ0) is 22.9. The second-order valence-corrected chi connectivity index (χ2v) is 8.52. The zero-order valence-corrected chi connectivity index (χ0v) is 19.2. The lowest BCUT2D eigenvalue weighted by Gasteiger charge is -2.11. The first kappa shape index (κ1) is 21.3. The Morgan fingerprint density at radius 3 is 2.42 bits per heavy atom. The van der Waals surface area contributed by atoms with E-state index in [0.717, 1.165) is 33.3 Å². The van der Waals surface area contributed by atoms with Crippen LogP contribution in [-0.2, 0) is 0 Å². The number of para-hydroxylation sites is 1. The molecule has 5 rings (SSSR count). The average Bonchev–Trinajstić information content (AvgIpc) is 3.27. The van der Waals surface area contributed by atoms with Crippen molar-refractivity contribution >= 4 is 45.6 Å². The Morgan fingerprint density at radius 1 is 0.848 bits per heavy atom. The molecule has 1 aromatic heterocycles. The Morgan fingerprint density at radius 2 is 1.61 bits per heavy atom. The number of nitrogens with one attached hydrogen (secondary N) is 1. The topological polar surface area (TPSA) is 46.9 Å². The molecule has 4 aromatic carbocycles. The third-order valence-electron chi connectivity index (χ3n) is 5.53. The molecule has 33 heavy (non-hydrogen) atoms. The summed E-state index contributed by atoms with van der Waals surface area (Å²) in [5.41, 5.74) is 4.44. The van der Waals surface area contributed by atoms with Crippen LogP contribution in [0.25, 0.3) is 27.7 Å². The van der Waals surface area contributed by atoms with Crippen LogP contribution < -0.4 is 5.32 Å². The molecule has 0 aliphatic carbocycles. The van der Waals surface area contributed by atoms with Gasteiger partial charge in [-0.25, -0.2) is 4.68 Å². The maximum Gasteiger partial charge on any atom is 0.276 e. The summed E-state index contributed by atoms with van der Waals surface area (Å²) in [5.74, 6) is -0.367. The smallest absolute Gasteiger partial charge is 0.276 e. The maximum atomic E-state index is 13.1. The number of carbonyl (C=O) groups excluding carboxylic acids is 1. The Kier molecular flexibility index (Phi) is 5.63. The molecule has 1 N–H and O–H groups in total. The van der Waals surface area contributed by atoms with Gasteiger partial charge in [-0.3, -0.25) is 4.79 Å². The molecule has 6 heteroatoms. The molecule has 162 valence electrons. The minimum absolute atomic E-state index is 0.275. The van der Waals surface area contributed by atoms with Crippen molar-refractivity contribution in [2.24, 2.45) is 0 Å². The molecule has 1 heterocycles. The second kappa shape index (κ2) is 8.74. The normalized spacial score (nSPS) is 11.0. The molecule has 0 aliphatic rings. The van der Waals surface area contributed by atoms with Crippen molar-refractivity contribution in [1.29, 1.82) is 0 Å². The SMILES string of the molecule is Cc1ccccc1-n1nc(C(=O)Nc2cccc(Cl)c2Cl)cc1-c1ccc2ccccc2c1. The van der Waals surface area contributed by atoms with Crippen molar-refractivity contribution in [3.8, 4) is 16.9 Å². The van der Waals surface area contributed by atoms with Gasteiger partial charge in [0.2, 0.25) is 0 Å². The van der Waals surface area contributed by atoms with E-state index in [4.69, 9.17) is 23.2 Å². The molecule has 0 aliphatic heterocycles. The predicted molar refractivity (Wildman–Crippen MR) is 136 cm³/mol. The van der Waals surface area contributed by atoms with Gasteiger partial charge in [-0.05, 0) is 53.6 Å². The summed E-state index contributed by atoms with van der Waals surface area (Å²) in [5, 5.41) is 10.4. The Hall–Kier alpha value is -3.60. The maximum absolute atomic E-state index is 13.1. The van der Waals surface area contributed by atoms with E-state index < -0.39 is 0 Å². The van der Waals surface area contributed by atoms with E-state index in [-0.39, 0.29) is 11.6 Å². The number of hydrogen-bond donors (Lipinski definition) is 1. The minimum Gasteiger partial charge on any atom is -0.319 e. The highest BCUT2D eigenvalue weighted by Gasteiger charge is 2.19. The number of carbonyl (C=O) groups is 1. The first-order valence-corrected chi connectivity index (χ1v) is 11.2. The molecule has 5 aromatic rings. The number of fused-ring (bicyclic) bond motifs is 1. The van der Waals surface area contributed by atoms with Crippen LogP contribution in [0.2, 0.25) is 10.0 Å². The standard InChI is InChI=1S/C27H19Cl2N3O/c1-17-7-2-5-12-24(17)32-25(20-14-13-18-8-3-4-9-19(18)15-20)16-23(31-32)27(33)30-22-11-6-10-21(28)26(22)29/h2-16H,1H3,(H,30,33). The van der Waals surface area contributed by atoms with Gasteiger partial charge in [0, 0.05) is 5.56 Å². The molecule has 1 amide bonds. The predicted octanol–water partition coefficient (Wildman–Crippen LogP) is 7.56. The molecule has 0 saturated heterocycles. The average molecular weight is 472 g/mol. The van der Waals surface area contributed by atoms with Gasteiger partial charge >= 0.3 is 0 Å². The lowest BCUT2D eigenvalue weighted by molar-refractivity contribution is 0.102. The number of halogens is 2. The summed E-state index contributed by atoms with van der Waals surface area (Å²) in [6, 6.07) is 29.3. The van der Waals surface area contributed by atoms with Crippen LogP contribution in [0, 0.1) is 6.92 Å². The summed E-state index contributed by atoms with van der Waals surface area (Å²) < 4.78 is 1.81. The van der Waals surface area contributed by atoms with Crippen LogP contribution in [0.1, 0.15) is 16.1 Å². The summed E-state index contributed by atoms with van der Waals surface area (Å²) >= 11 is 12.4. The zero-order valence-electron chi connectivity index (χ0n) is 17.7. The van der Waals surface area contributed by atoms with Crippen LogP contribution in [0.3, 0.4) is 0 Å². The van der Waals surface area contributed by atoms with Gasteiger partial charge in [0.05, 0.1) is 27.1 Å². The summed E-state index contributed by atoms with van der Waals surface area (Å²) in [4.78, 5) is 13.1. The van der Waals surface area contributed by atoms with Crippen molar-refractivity contribution in [3.63, 3.8) is 0 Å². The lowest BCUT2D eigenvalue weighted by Crippen LogP contribution is -2.13. The molecule has 0 unspecified atom stereocenters. The van der Waals surface area contributed by atoms with Gasteiger partial charge in [0.25, 0.3) is 5.91 Å². The van der Waals surface area contributed by atoms with E-state index >= 15 is 0 Å². The monoisotopic (exact) mass is 471 g/mol. The molecule has 0 fully saturated rings. The molecule has 0 atom stereocenters. The van der Waals surface area contributed by atoms with E-state index in [1.54, 1.807) is 24.3 Å². The van der Waals surface area contributed by atoms with Gasteiger partial charge in [0.15, 0.2) is 5.69 Å². The molecule has 4 nitrogen and oxygen atoms in total. The fourth-order valence-electron chi connectivity index (χ4n) is 3.82. The first-order valence-electron chi connectivity index (χ1n) is 10.4. The van der Waals surface area contributed by atoms with Gasteiger partial charge in [-0.1, -0.05) is 83.9 Å². The second-order valence-electron chi connectivity index (χ2n) is 7.73. The van der Waals surface area contributed by atoms with Crippen molar-refractivity contribution in [3.05, 3.63) is 112 Å². The lowest BCUT2D eigenvalue weighted by atomic mass is 10.0. The number of amides is 1. The Labute approximate surface area is 201 Å². The third-order valence-corrected chi connectivity index (χ3v) is 6.35. The molecule has 0 bridgehead atoms. The molecular formula is C27H19Cl2N3O. The number of benzene rings is 4. The number of rotatable bonds is 4. The minimum atomic E-state index is -0.367. The van der Waals surface area contributed by atoms with Gasteiger partial charge in [-0.15, -0.1) is 0 Å². The highest BCUT2D eigenvalue weighted by Crippen LogP contribution is 2.31. The quantitative estimate of drug-likeness (QED) is 0.293. The number of aromatic nitrogens is 2. The van der Waals surface area contributed by atoms with Crippen LogP contribution in [0.15, 0.2) is 91.0 Å². The van der Waals surface area contributed by atoms with E-state index in [1.807, 2.05) is 54.1 Å². The first-order chi connectivity index (χ1) is 16.0. The van der Waals surface area contributed by atoms with Gasteiger partial charge in [-0.2, -0.15) is 5.10 Å². The fraction of sp³-hybridized carbons (Fsp3) is 0.0370. The van der Waals surface area contributed by atoms with E-state index in [1.165, 1.54) is 0 Å². The van der Waals surface area contributed by atoms with Crippen molar-refractivity contribution in [1.82, 2.24) is 9.78 Å². The van der Waals surface area contributed by atoms with Gasteiger partial charge in [0.1, 0.15) is 0 Å². The van der Waals surface area contributed by atoms with Crippen molar-refractivity contribution in [2.75, 3.05) is 5.32 Å². The van der Waals surface area contributed by atoms with E-state index in [9.17, 15) is 4.79 Å². The molecule has 0 saturated carbocycles. The summed E-state index contributed by atoms with van der Waals surface area (Å²) in [7, 11) is 0. The number of hydrogen-bond acceptors (Lipinski definition) is 2. The van der Waals surface area contributed by atoms with Crippen LogP contribution in [0.4, 0.5) is 5.69 Å². The number of nitrogens with zero attached hydrogens (tertiary/aromatic N) is 2. The van der Waals surface area contributed by atoms with E-state index in [2.05, 4.69) is 34.7 Å². The van der Waals surface area contributed by atoms with Crippen LogP contribution in [0.5, 0.6) is 0 Å². The molecular weight excluding hydrogens is 453 g/mol.